The molecule has 44 valence electrons. The molecule has 0 unspecified atom stereocenters. The lowest BCUT2D eigenvalue weighted by Gasteiger charge is -1.42. The fraction of sp³-hybridized carbons (Fsp3) is 1.00. The molecule has 0 aliphatic rings. The molecular formula is CH2Cl4OP+. The van der Waals surface area contributed by atoms with E-state index in [4.69, 9.17) is 27.8 Å². The van der Waals surface area contributed by atoms with Crippen molar-refractivity contribution < 1.29 is 4.57 Å². The molecule has 0 aliphatic carbocycles. The molecule has 0 aromatic rings. The second-order valence-corrected chi connectivity index (χ2v) is 3.88. The average Bonchev–Trinajstić information content (AvgIpc) is 1.33. The van der Waals surface area contributed by atoms with E-state index in [1.807, 2.05) is 0 Å². The van der Waals surface area contributed by atoms with Crippen LogP contribution in [0.4, 0.5) is 0 Å². The van der Waals surface area contributed by atoms with Crippen molar-refractivity contribution in [3.63, 3.8) is 0 Å². The summed E-state index contributed by atoms with van der Waals surface area (Å²) in [6.45, 7) is -1.93. The summed E-state index contributed by atoms with van der Waals surface area (Å²) < 4.78 is 9.12. The number of alkyl halides is 2. The minimum absolute atomic E-state index is 0.194. The van der Waals surface area contributed by atoms with Gasteiger partial charge in [-0.25, -0.2) is 0 Å². The summed E-state index contributed by atoms with van der Waals surface area (Å²) in [6.07, 6.45) is 0. The lowest BCUT2D eigenvalue weighted by atomic mass is 11.9. The highest BCUT2D eigenvalue weighted by Crippen LogP contribution is 2.31. The Morgan fingerprint density at radius 3 is 1.29 bits per heavy atom. The van der Waals surface area contributed by atoms with Crippen molar-refractivity contribution in [1.29, 1.82) is 0 Å². The minimum Gasteiger partial charge on any atom is -0.109 e. The van der Waals surface area contributed by atoms with E-state index < -0.39 is 6.51 Å². The fourth-order valence-electron chi connectivity index (χ4n) is 0. The Morgan fingerprint density at radius 1 is 1.29 bits per heavy atom. The molecule has 0 aromatic carbocycles. The summed E-state index contributed by atoms with van der Waals surface area (Å²) in [7, 11) is 0. The summed E-state index contributed by atoms with van der Waals surface area (Å²) in [5.41, 5.74) is 0. The smallest absolute Gasteiger partial charge is 0.109 e. The van der Waals surface area contributed by atoms with E-state index in [0.29, 0.717) is 0 Å². The molecule has 0 aliphatic heterocycles. The predicted octanol–water partition coefficient (Wildman–Crippen LogP) is 3.54. The number of halogens is 4. The van der Waals surface area contributed by atoms with Crippen molar-refractivity contribution in [2.75, 3.05) is 5.34 Å². The third-order valence-electron chi connectivity index (χ3n) is 0. The first-order valence-corrected chi connectivity index (χ1v) is 5.19. The highest BCUT2D eigenvalue weighted by Gasteiger charge is 1.97. The third kappa shape index (κ3) is 127. The van der Waals surface area contributed by atoms with Crippen LogP contribution in [0.5, 0.6) is 0 Å². The normalized spacial score (nSPS) is 6.29. The predicted molar refractivity (Wildman–Crippen MR) is 35.9 cm³/mol. The van der Waals surface area contributed by atoms with E-state index in [-0.39, 0.29) is 5.34 Å². The Morgan fingerprint density at radius 2 is 1.29 bits per heavy atom. The van der Waals surface area contributed by atoms with Gasteiger partial charge in [0.2, 0.25) is 22.5 Å². The molecule has 1 nitrogen and oxygen atoms in total. The first kappa shape index (κ1) is 11.1. The highest BCUT2D eigenvalue weighted by atomic mass is 35.9. The molecule has 0 bridgehead atoms. The monoisotopic (exact) mass is 201 g/mol. The molecular weight excluding hydrogens is 201 g/mol. The van der Waals surface area contributed by atoms with Gasteiger partial charge >= 0.3 is 6.51 Å². The molecule has 0 atom stereocenters. The van der Waals surface area contributed by atoms with E-state index in [1.165, 1.54) is 0 Å². The molecule has 0 N–H and O–H groups in total. The van der Waals surface area contributed by atoms with Crippen molar-refractivity contribution in [3.8, 4) is 0 Å². The standard InChI is InChI=1S/CH2Cl2.Cl2OP/c2-1-3;1-4(2)3/h1H2;/q;+1. The lowest BCUT2D eigenvalue weighted by Crippen LogP contribution is -1.24. The van der Waals surface area contributed by atoms with Crippen LogP contribution < -0.4 is 0 Å². The molecule has 0 saturated heterocycles. The SMILES string of the molecule is ClCCl.O=[P+](Cl)Cl. The molecule has 0 fully saturated rings. The van der Waals surface area contributed by atoms with Gasteiger partial charge in [0.15, 0.2) is 0 Å². The zero-order valence-electron chi connectivity index (χ0n) is 3.07. The maximum Gasteiger partial charge on any atom is 0.575 e. The van der Waals surface area contributed by atoms with Crippen molar-refractivity contribution in [2.45, 2.75) is 0 Å². The van der Waals surface area contributed by atoms with Crippen LogP contribution in [0.1, 0.15) is 0 Å². The average molecular weight is 203 g/mol. The molecule has 0 heterocycles. The first-order valence-electron chi connectivity index (χ1n) is 1.06. The van der Waals surface area contributed by atoms with Crippen LogP contribution in [0.25, 0.3) is 0 Å². The maximum absolute atomic E-state index is 9.12. The Labute approximate surface area is 62.2 Å². The zero-order chi connectivity index (χ0) is 6.28. The second kappa shape index (κ2) is 10.3. The maximum atomic E-state index is 9.12. The second-order valence-electron chi connectivity index (χ2n) is 0.303. The number of hydrogen-bond acceptors (Lipinski definition) is 1. The van der Waals surface area contributed by atoms with Crippen LogP contribution >= 0.6 is 52.2 Å². The molecule has 0 aromatic heterocycles. The van der Waals surface area contributed by atoms with Crippen LogP contribution in [0.15, 0.2) is 0 Å². The Balaban J connectivity index is 0. The van der Waals surface area contributed by atoms with Crippen LogP contribution in [-0.2, 0) is 4.57 Å². The number of rotatable bonds is 0. The van der Waals surface area contributed by atoms with Gasteiger partial charge in [0.05, 0.1) is 5.34 Å². The van der Waals surface area contributed by atoms with Crippen LogP contribution in [-0.4, -0.2) is 5.34 Å². The molecule has 0 radical (unpaired) electrons. The lowest BCUT2D eigenvalue weighted by molar-refractivity contribution is 0.602. The van der Waals surface area contributed by atoms with Gasteiger partial charge in [-0.15, -0.1) is 23.2 Å². The Kier molecular flexibility index (Phi) is 16.3. The molecule has 0 saturated carbocycles. The quantitative estimate of drug-likeness (QED) is 0.434. The van der Waals surface area contributed by atoms with Gasteiger partial charge in [0.1, 0.15) is 0 Å². The highest BCUT2D eigenvalue weighted by molar-refractivity contribution is 7.95. The van der Waals surface area contributed by atoms with Crippen LogP contribution in [0, 0.1) is 0 Å². The van der Waals surface area contributed by atoms with E-state index in [0.717, 1.165) is 0 Å². The van der Waals surface area contributed by atoms with E-state index >= 15 is 0 Å². The molecule has 0 spiro atoms. The van der Waals surface area contributed by atoms with Gasteiger partial charge in [-0.2, -0.15) is 0 Å². The largest absolute Gasteiger partial charge is 0.575 e. The van der Waals surface area contributed by atoms with E-state index in [1.54, 1.807) is 0 Å². The van der Waals surface area contributed by atoms with Gasteiger partial charge < -0.3 is 0 Å². The third-order valence-corrected chi connectivity index (χ3v) is 0. The Hall–Kier alpha value is 1.26. The van der Waals surface area contributed by atoms with E-state index in [2.05, 4.69) is 22.5 Å². The van der Waals surface area contributed by atoms with Crippen LogP contribution in [0.3, 0.4) is 0 Å². The summed E-state index contributed by atoms with van der Waals surface area (Å²) in [6, 6.07) is 0. The summed E-state index contributed by atoms with van der Waals surface area (Å²) >= 11 is 18.6. The zero-order valence-corrected chi connectivity index (χ0v) is 6.99. The summed E-state index contributed by atoms with van der Waals surface area (Å²) in [5, 5.41) is 0.194. The van der Waals surface area contributed by atoms with Gasteiger partial charge in [-0.1, -0.05) is 0 Å². The number of hydrogen-bond donors (Lipinski definition) is 0. The summed E-state index contributed by atoms with van der Waals surface area (Å²) in [5.74, 6) is 0. The first-order chi connectivity index (χ1) is 3.15. The molecule has 6 heteroatoms. The topological polar surface area (TPSA) is 17.1 Å². The van der Waals surface area contributed by atoms with Crippen molar-refractivity contribution in [1.82, 2.24) is 0 Å². The van der Waals surface area contributed by atoms with Crippen molar-refractivity contribution >= 4 is 52.2 Å². The van der Waals surface area contributed by atoms with Gasteiger partial charge in [0, 0.05) is 0 Å². The molecule has 0 amide bonds. The summed E-state index contributed by atoms with van der Waals surface area (Å²) in [4.78, 5) is 0. The molecule has 7 heavy (non-hydrogen) atoms. The fourth-order valence-corrected chi connectivity index (χ4v) is 0. The van der Waals surface area contributed by atoms with Crippen molar-refractivity contribution in [2.24, 2.45) is 0 Å². The van der Waals surface area contributed by atoms with Gasteiger partial charge in [-0.3, -0.25) is 0 Å². The van der Waals surface area contributed by atoms with Crippen molar-refractivity contribution in [3.05, 3.63) is 0 Å². The van der Waals surface area contributed by atoms with Crippen LogP contribution in [0.2, 0.25) is 0 Å². The van der Waals surface area contributed by atoms with Gasteiger partial charge in [-0.05, 0) is 4.57 Å². The molecule has 0 rings (SSSR count). The Bertz CT molecular complexity index is 43.0. The minimum atomic E-state index is -1.93. The van der Waals surface area contributed by atoms with Gasteiger partial charge in [0.25, 0.3) is 0 Å². The van der Waals surface area contributed by atoms with E-state index in [9.17, 15) is 0 Å².